The van der Waals surface area contributed by atoms with Crippen LogP contribution in [-0.2, 0) is 24.2 Å². The molecule has 1 saturated heterocycles. The number of amides is 3. The summed E-state index contributed by atoms with van der Waals surface area (Å²) in [6.45, 7) is 6.13. The first-order chi connectivity index (χ1) is 14.9. The minimum Gasteiger partial charge on any atom is -0.305 e. The molecule has 0 aromatic heterocycles. The van der Waals surface area contributed by atoms with E-state index in [1.165, 1.54) is 16.0 Å². The molecule has 0 radical (unpaired) electrons. The van der Waals surface area contributed by atoms with Crippen LogP contribution >= 0.6 is 0 Å². The largest absolute Gasteiger partial charge is 0.332 e. The van der Waals surface area contributed by atoms with Crippen molar-refractivity contribution in [3.8, 4) is 0 Å². The Morgan fingerprint density at radius 3 is 2.00 bits per heavy atom. The highest BCUT2D eigenvalue weighted by atomic mass is 16.2. The molecular weight excluding hydrogens is 384 g/mol. The molecule has 3 aromatic carbocycles. The van der Waals surface area contributed by atoms with Crippen LogP contribution in [0.25, 0.3) is 0 Å². The molecule has 0 bridgehead atoms. The van der Waals surface area contributed by atoms with E-state index in [0.717, 1.165) is 24.0 Å². The lowest BCUT2D eigenvalue weighted by molar-refractivity contribution is -0.123. The third kappa shape index (κ3) is 3.98. The third-order valence-corrected chi connectivity index (χ3v) is 6.11. The Balaban J connectivity index is 1.63. The SMILES string of the molecule is CCc1ccc(N2C(=O)N(Cc3ccccc3Cc3ccccc3)C(C)(C)C2=O)cc1. The second kappa shape index (κ2) is 8.38. The van der Waals surface area contributed by atoms with Crippen LogP contribution in [0.2, 0.25) is 0 Å². The van der Waals surface area contributed by atoms with Crippen LogP contribution in [0.1, 0.15) is 43.0 Å². The third-order valence-electron chi connectivity index (χ3n) is 6.11. The zero-order valence-corrected chi connectivity index (χ0v) is 18.3. The summed E-state index contributed by atoms with van der Waals surface area (Å²) >= 11 is 0. The second-order valence-corrected chi connectivity index (χ2v) is 8.52. The Bertz CT molecular complexity index is 1090. The van der Waals surface area contributed by atoms with E-state index in [4.69, 9.17) is 0 Å². The quantitative estimate of drug-likeness (QED) is 0.495. The van der Waals surface area contributed by atoms with Crippen LogP contribution in [0.5, 0.6) is 0 Å². The number of carbonyl (C=O) groups excluding carboxylic acids is 2. The molecule has 1 fully saturated rings. The Kier molecular flexibility index (Phi) is 5.64. The molecule has 3 amide bonds. The molecule has 3 aromatic rings. The van der Waals surface area contributed by atoms with E-state index in [0.29, 0.717) is 12.2 Å². The number of aryl methyl sites for hydroxylation is 1. The summed E-state index contributed by atoms with van der Waals surface area (Å²) in [6, 6.07) is 25.8. The summed E-state index contributed by atoms with van der Waals surface area (Å²) < 4.78 is 0. The number of carbonyl (C=O) groups is 2. The molecule has 1 aliphatic heterocycles. The normalized spacial score (nSPS) is 15.6. The summed E-state index contributed by atoms with van der Waals surface area (Å²) in [6.07, 6.45) is 1.70. The lowest BCUT2D eigenvalue weighted by Crippen LogP contribution is -2.43. The summed E-state index contributed by atoms with van der Waals surface area (Å²) in [5.74, 6) is -0.192. The summed E-state index contributed by atoms with van der Waals surface area (Å²) in [5.41, 5.74) is 4.32. The fraction of sp³-hybridized carbons (Fsp3) is 0.259. The average molecular weight is 413 g/mol. The molecule has 31 heavy (non-hydrogen) atoms. The summed E-state index contributed by atoms with van der Waals surface area (Å²) in [4.78, 5) is 29.6. The molecule has 0 unspecified atom stereocenters. The van der Waals surface area contributed by atoms with Gasteiger partial charge < -0.3 is 4.90 Å². The molecule has 158 valence electrons. The lowest BCUT2D eigenvalue weighted by Gasteiger charge is -2.28. The fourth-order valence-corrected chi connectivity index (χ4v) is 4.08. The number of anilines is 1. The van der Waals surface area contributed by atoms with Crippen molar-refractivity contribution in [1.29, 1.82) is 0 Å². The molecular formula is C27H28N2O2. The first-order valence-electron chi connectivity index (χ1n) is 10.8. The van der Waals surface area contributed by atoms with Gasteiger partial charge >= 0.3 is 6.03 Å². The van der Waals surface area contributed by atoms with E-state index in [-0.39, 0.29) is 11.9 Å². The molecule has 0 atom stereocenters. The molecule has 4 nitrogen and oxygen atoms in total. The number of hydrogen-bond acceptors (Lipinski definition) is 2. The smallest absolute Gasteiger partial charge is 0.305 e. The number of urea groups is 1. The van der Waals surface area contributed by atoms with Crippen molar-refractivity contribution in [3.63, 3.8) is 0 Å². The summed E-state index contributed by atoms with van der Waals surface area (Å²) in [7, 11) is 0. The lowest BCUT2D eigenvalue weighted by atomic mass is 9.97. The zero-order chi connectivity index (χ0) is 22.0. The van der Waals surface area contributed by atoms with Gasteiger partial charge in [0.1, 0.15) is 5.54 Å². The van der Waals surface area contributed by atoms with Crippen molar-refractivity contribution in [2.75, 3.05) is 4.90 Å². The maximum atomic E-state index is 13.4. The van der Waals surface area contributed by atoms with Crippen molar-refractivity contribution >= 4 is 17.6 Å². The molecule has 1 heterocycles. The van der Waals surface area contributed by atoms with E-state index in [1.807, 2.05) is 74.5 Å². The van der Waals surface area contributed by atoms with Crippen molar-refractivity contribution in [2.24, 2.45) is 0 Å². The van der Waals surface area contributed by atoms with Gasteiger partial charge in [0.15, 0.2) is 0 Å². The van der Waals surface area contributed by atoms with Crippen molar-refractivity contribution in [3.05, 3.63) is 101 Å². The van der Waals surface area contributed by atoms with Gasteiger partial charge in [-0.2, -0.15) is 0 Å². The van der Waals surface area contributed by atoms with Gasteiger partial charge in [0, 0.05) is 6.54 Å². The molecule has 4 rings (SSSR count). The second-order valence-electron chi connectivity index (χ2n) is 8.52. The highest BCUT2D eigenvalue weighted by molar-refractivity contribution is 6.22. The maximum absolute atomic E-state index is 13.4. The number of nitrogens with zero attached hydrogens (tertiary/aromatic N) is 2. The Morgan fingerprint density at radius 2 is 1.35 bits per heavy atom. The van der Waals surface area contributed by atoms with Gasteiger partial charge in [-0.25, -0.2) is 9.69 Å². The van der Waals surface area contributed by atoms with E-state index in [9.17, 15) is 9.59 Å². The van der Waals surface area contributed by atoms with Gasteiger partial charge in [0.25, 0.3) is 5.91 Å². The van der Waals surface area contributed by atoms with Crippen LogP contribution in [-0.4, -0.2) is 22.4 Å². The molecule has 0 aliphatic carbocycles. The molecule has 4 heteroatoms. The minimum absolute atomic E-state index is 0.192. The standard InChI is InChI=1S/C27H28N2O2/c1-4-20-14-16-24(17-15-20)29-25(30)27(2,3)28(26(29)31)19-23-13-9-8-12-22(23)18-21-10-6-5-7-11-21/h5-17H,4,18-19H2,1-3H3. The van der Waals surface area contributed by atoms with Gasteiger partial charge in [-0.05, 0) is 61.1 Å². The first kappa shape index (κ1) is 20.9. The predicted molar refractivity (Wildman–Crippen MR) is 124 cm³/mol. The van der Waals surface area contributed by atoms with Crippen molar-refractivity contribution in [2.45, 2.75) is 45.7 Å². The van der Waals surface area contributed by atoms with Gasteiger partial charge in [-0.15, -0.1) is 0 Å². The van der Waals surface area contributed by atoms with Crippen LogP contribution in [0.3, 0.4) is 0 Å². The molecule has 1 aliphatic rings. The Labute approximate surface area is 184 Å². The Hall–Kier alpha value is -3.40. The van der Waals surface area contributed by atoms with Gasteiger partial charge in [-0.3, -0.25) is 4.79 Å². The molecule has 0 spiro atoms. The van der Waals surface area contributed by atoms with Crippen molar-refractivity contribution in [1.82, 2.24) is 4.90 Å². The molecule has 0 saturated carbocycles. The molecule has 0 N–H and O–H groups in total. The van der Waals surface area contributed by atoms with Gasteiger partial charge in [0.2, 0.25) is 0 Å². The minimum atomic E-state index is -0.916. The maximum Gasteiger partial charge on any atom is 0.332 e. The van der Waals surface area contributed by atoms with E-state index in [2.05, 4.69) is 25.1 Å². The Morgan fingerprint density at radius 1 is 0.742 bits per heavy atom. The highest BCUT2D eigenvalue weighted by Crippen LogP contribution is 2.34. The number of rotatable bonds is 6. The number of hydrogen-bond donors (Lipinski definition) is 0. The van der Waals surface area contributed by atoms with Gasteiger partial charge in [0.05, 0.1) is 5.69 Å². The fourth-order valence-electron chi connectivity index (χ4n) is 4.08. The first-order valence-corrected chi connectivity index (χ1v) is 10.8. The van der Waals surface area contributed by atoms with Gasteiger partial charge in [-0.1, -0.05) is 73.7 Å². The van der Waals surface area contributed by atoms with Crippen molar-refractivity contribution < 1.29 is 9.59 Å². The van der Waals surface area contributed by atoms with Crippen LogP contribution < -0.4 is 4.90 Å². The highest BCUT2D eigenvalue weighted by Gasteiger charge is 2.51. The zero-order valence-electron chi connectivity index (χ0n) is 18.3. The van der Waals surface area contributed by atoms with E-state index in [1.54, 1.807) is 4.90 Å². The van der Waals surface area contributed by atoms with E-state index < -0.39 is 5.54 Å². The topological polar surface area (TPSA) is 40.6 Å². The number of imide groups is 1. The van der Waals surface area contributed by atoms with Crippen LogP contribution in [0, 0.1) is 0 Å². The van der Waals surface area contributed by atoms with Crippen LogP contribution in [0.4, 0.5) is 10.5 Å². The van der Waals surface area contributed by atoms with E-state index >= 15 is 0 Å². The predicted octanol–water partition coefficient (Wildman–Crippen LogP) is 5.59. The number of benzene rings is 3. The summed E-state index contributed by atoms with van der Waals surface area (Å²) in [5, 5.41) is 0. The average Bonchev–Trinajstić information content (AvgIpc) is 2.95. The van der Waals surface area contributed by atoms with Crippen LogP contribution in [0.15, 0.2) is 78.9 Å². The monoisotopic (exact) mass is 412 g/mol.